The molecule has 0 aliphatic carbocycles. The summed E-state index contributed by atoms with van der Waals surface area (Å²) in [5, 5.41) is 0. The van der Waals surface area contributed by atoms with Crippen molar-refractivity contribution in [1.29, 1.82) is 0 Å². The molecule has 0 aromatic heterocycles. The summed E-state index contributed by atoms with van der Waals surface area (Å²) in [5.41, 5.74) is 2.19. The van der Waals surface area contributed by atoms with Gasteiger partial charge in [0, 0.05) is 51.2 Å². The first kappa shape index (κ1) is 19.8. The normalized spacial score (nSPS) is 24.6. The van der Waals surface area contributed by atoms with Crippen LogP contribution in [0.3, 0.4) is 0 Å². The minimum absolute atomic E-state index is 0.0441. The van der Waals surface area contributed by atoms with E-state index < -0.39 is 0 Å². The summed E-state index contributed by atoms with van der Waals surface area (Å²) in [6.45, 7) is 5.92. The summed E-state index contributed by atoms with van der Waals surface area (Å²) in [5.74, 6) is 0.549. The van der Waals surface area contributed by atoms with E-state index in [2.05, 4.69) is 25.1 Å². The zero-order chi connectivity index (χ0) is 19.6. The lowest BCUT2D eigenvalue weighted by Crippen LogP contribution is -2.44. The first-order valence-corrected chi connectivity index (χ1v) is 9.58. The van der Waals surface area contributed by atoms with Crippen molar-refractivity contribution in [2.75, 3.05) is 60.5 Å². The Morgan fingerprint density at radius 3 is 2.44 bits per heavy atom. The van der Waals surface area contributed by atoms with E-state index in [9.17, 15) is 9.59 Å². The Morgan fingerprint density at radius 1 is 1.19 bits per heavy atom. The highest BCUT2D eigenvalue weighted by Crippen LogP contribution is 2.43. The highest BCUT2D eigenvalue weighted by molar-refractivity contribution is 5.80. The molecule has 2 saturated heterocycles. The van der Waals surface area contributed by atoms with E-state index in [-0.39, 0.29) is 23.8 Å². The Labute approximate surface area is 162 Å². The summed E-state index contributed by atoms with van der Waals surface area (Å²) < 4.78 is 5.02. The molecule has 2 aliphatic rings. The maximum Gasteiger partial charge on any atom is 0.248 e. The van der Waals surface area contributed by atoms with Crippen LogP contribution in [0.5, 0.6) is 0 Å². The van der Waals surface area contributed by atoms with Gasteiger partial charge in [-0.15, -0.1) is 0 Å². The molecule has 1 aromatic rings. The van der Waals surface area contributed by atoms with Crippen LogP contribution in [-0.2, 0) is 20.7 Å². The molecule has 27 heavy (non-hydrogen) atoms. The fourth-order valence-electron chi connectivity index (χ4n) is 4.74. The van der Waals surface area contributed by atoms with Gasteiger partial charge in [0.15, 0.2) is 0 Å². The molecule has 0 spiro atoms. The number of carbonyl (C=O) groups excluding carboxylic acids is 2. The molecule has 148 valence electrons. The number of hydrogen-bond acceptors (Lipinski definition) is 4. The smallest absolute Gasteiger partial charge is 0.248 e. The molecule has 2 heterocycles. The van der Waals surface area contributed by atoms with Crippen molar-refractivity contribution in [3.8, 4) is 0 Å². The zero-order valence-electron chi connectivity index (χ0n) is 16.9. The first-order valence-electron chi connectivity index (χ1n) is 9.58. The fourth-order valence-corrected chi connectivity index (χ4v) is 4.74. The third-order valence-corrected chi connectivity index (χ3v) is 5.80. The van der Waals surface area contributed by atoms with Crippen molar-refractivity contribution in [3.05, 3.63) is 35.4 Å². The highest BCUT2D eigenvalue weighted by atomic mass is 16.5. The van der Waals surface area contributed by atoms with Crippen molar-refractivity contribution in [2.24, 2.45) is 11.3 Å². The minimum atomic E-state index is -0.0465. The summed E-state index contributed by atoms with van der Waals surface area (Å²) in [6, 6.07) is 8.15. The van der Waals surface area contributed by atoms with E-state index in [4.69, 9.17) is 4.74 Å². The molecule has 0 saturated carbocycles. The van der Waals surface area contributed by atoms with Gasteiger partial charge in [-0.25, -0.2) is 0 Å². The van der Waals surface area contributed by atoms with Crippen molar-refractivity contribution in [1.82, 2.24) is 14.7 Å². The van der Waals surface area contributed by atoms with Crippen molar-refractivity contribution < 1.29 is 14.3 Å². The molecule has 6 heteroatoms. The molecule has 0 bridgehead atoms. The quantitative estimate of drug-likeness (QED) is 0.748. The number of benzene rings is 1. The van der Waals surface area contributed by atoms with Gasteiger partial charge in [0.1, 0.15) is 6.61 Å². The number of hydrogen-bond donors (Lipinski definition) is 0. The first-order chi connectivity index (χ1) is 12.8. The van der Waals surface area contributed by atoms with Crippen LogP contribution in [0.25, 0.3) is 0 Å². The average molecular weight is 373 g/mol. The van der Waals surface area contributed by atoms with Gasteiger partial charge in [-0.3, -0.25) is 9.59 Å². The Morgan fingerprint density at radius 2 is 1.85 bits per heavy atom. The average Bonchev–Trinajstić information content (AvgIpc) is 3.08. The highest BCUT2D eigenvalue weighted by Gasteiger charge is 2.54. The monoisotopic (exact) mass is 373 g/mol. The largest absolute Gasteiger partial charge is 0.375 e. The summed E-state index contributed by atoms with van der Waals surface area (Å²) >= 11 is 0. The summed E-state index contributed by atoms with van der Waals surface area (Å²) in [4.78, 5) is 31.3. The van der Waals surface area contributed by atoms with E-state index in [1.807, 2.05) is 34.9 Å². The standard InChI is InChI=1S/C21H31N3O3/c1-16-6-5-7-17(8-16)9-19(25)23-10-18-11-24(20(26)12-27-4)15-21(18,14-23)13-22(2)3/h5-8,18H,9-15H2,1-4H3/t18-,21+/m0/s1. The Kier molecular flexibility index (Phi) is 5.86. The van der Waals surface area contributed by atoms with Gasteiger partial charge in [0.05, 0.1) is 6.42 Å². The van der Waals surface area contributed by atoms with Gasteiger partial charge < -0.3 is 19.4 Å². The summed E-state index contributed by atoms with van der Waals surface area (Å²) in [6.07, 6.45) is 0.443. The topological polar surface area (TPSA) is 53.1 Å². The van der Waals surface area contributed by atoms with Gasteiger partial charge in [0.2, 0.25) is 11.8 Å². The lowest BCUT2D eigenvalue weighted by molar-refractivity contribution is -0.135. The maximum atomic E-state index is 12.9. The van der Waals surface area contributed by atoms with E-state index in [0.717, 1.165) is 25.2 Å². The Bertz CT molecular complexity index is 706. The molecule has 0 radical (unpaired) electrons. The second-order valence-electron chi connectivity index (χ2n) is 8.44. The zero-order valence-corrected chi connectivity index (χ0v) is 16.9. The predicted molar refractivity (Wildman–Crippen MR) is 104 cm³/mol. The Balaban J connectivity index is 1.70. The lowest BCUT2D eigenvalue weighted by atomic mass is 9.80. The van der Waals surface area contributed by atoms with E-state index in [0.29, 0.717) is 25.4 Å². The molecular formula is C21H31N3O3. The molecule has 3 rings (SSSR count). The van der Waals surface area contributed by atoms with Crippen LogP contribution in [-0.4, -0.2) is 87.0 Å². The number of nitrogens with zero attached hydrogens (tertiary/aromatic N) is 3. The third kappa shape index (κ3) is 4.33. The van der Waals surface area contributed by atoms with Gasteiger partial charge in [0.25, 0.3) is 0 Å². The van der Waals surface area contributed by atoms with Crippen LogP contribution in [0.1, 0.15) is 11.1 Å². The molecular weight excluding hydrogens is 342 g/mol. The number of amides is 2. The van der Waals surface area contributed by atoms with Gasteiger partial charge in [-0.2, -0.15) is 0 Å². The second-order valence-corrected chi connectivity index (χ2v) is 8.44. The van der Waals surface area contributed by atoms with Crippen molar-refractivity contribution in [3.63, 3.8) is 0 Å². The molecule has 0 unspecified atom stereocenters. The number of fused-ring (bicyclic) bond motifs is 1. The van der Waals surface area contributed by atoms with Gasteiger partial charge in [-0.05, 0) is 26.6 Å². The van der Waals surface area contributed by atoms with Crippen LogP contribution in [0.4, 0.5) is 0 Å². The summed E-state index contributed by atoms with van der Waals surface area (Å²) in [7, 11) is 5.67. The number of carbonyl (C=O) groups is 2. The number of ether oxygens (including phenoxy) is 1. The number of likely N-dealkylation sites (tertiary alicyclic amines) is 2. The second kappa shape index (κ2) is 7.98. The minimum Gasteiger partial charge on any atom is -0.375 e. The SMILES string of the molecule is COCC(=O)N1C[C@@H]2CN(C(=O)Cc3cccc(C)c3)C[C@]2(CN(C)C)C1. The van der Waals surface area contributed by atoms with E-state index in [1.54, 1.807) is 7.11 Å². The van der Waals surface area contributed by atoms with Crippen molar-refractivity contribution in [2.45, 2.75) is 13.3 Å². The maximum absolute atomic E-state index is 12.9. The molecule has 2 atom stereocenters. The molecule has 2 amide bonds. The predicted octanol–water partition coefficient (Wildman–Crippen LogP) is 1.03. The van der Waals surface area contributed by atoms with Crippen LogP contribution in [0, 0.1) is 18.3 Å². The van der Waals surface area contributed by atoms with E-state index in [1.165, 1.54) is 5.56 Å². The molecule has 6 nitrogen and oxygen atoms in total. The molecule has 2 fully saturated rings. The number of methoxy groups -OCH3 is 1. The van der Waals surface area contributed by atoms with Crippen LogP contribution >= 0.6 is 0 Å². The molecule has 1 aromatic carbocycles. The third-order valence-electron chi connectivity index (χ3n) is 5.80. The van der Waals surface area contributed by atoms with Crippen LogP contribution in [0.2, 0.25) is 0 Å². The van der Waals surface area contributed by atoms with E-state index >= 15 is 0 Å². The molecule has 2 aliphatic heterocycles. The van der Waals surface area contributed by atoms with Crippen LogP contribution in [0.15, 0.2) is 24.3 Å². The molecule has 0 N–H and O–H groups in total. The van der Waals surface area contributed by atoms with Crippen molar-refractivity contribution >= 4 is 11.8 Å². The number of rotatable bonds is 6. The lowest BCUT2D eigenvalue weighted by Gasteiger charge is -2.32. The van der Waals surface area contributed by atoms with Crippen LogP contribution < -0.4 is 0 Å². The Hall–Kier alpha value is -1.92. The van der Waals surface area contributed by atoms with Gasteiger partial charge >= 0.3 is 0 Å². The number of aryl methyl sites for hydroxylation is 1. The van der Waals surface area contributed by atoms with Gasteiger partial charge in [-0.1, -0.05) is 29.8 Å². The fraction of sp³-hybridized carbons (Fsp3) is 0.619.